The van der Waals surface area contributed by atoms with Crippen molar-refractivity contribution in [3.8, 4) is 0 Å². The van der Waals surface area contributed by atoms with Gasteiger partial charge in [-0.05, 0) is 52.2 Å². The number of para-hydroxylation sites is 1. The SMILES string of the molecule is Cc1cccc2cc(C(N)c3ccc(Br)c(F)c3)oc12. The molecular formula is C16H13BrFNO. The highest BCUT2D eigenvalue weighted by Crippen LogP contribution is 2.29. The van der Waals surface area contributed by atoms with Crippen LogP contribution in [0.3, 0.4) is 0 Å². The van der Waals surface area contributed by atoms with Crippen LogP contribution in [0.4, 0.5) is 4.39 Å². The molecule has 1 heterocycles. The number of furan rings is 1. The van der Waals surface area contributed by atoms with Crippen molar-refractivity contribution in [2.24, 2.45) is 5.73 Å². The summed E-state index contributed by atoms with van der Waals surface area (Å²) in [7, 11) is 0. The van der Waals surface area contributed by atoms with Crippen LogP contribution in [-0.2, 0) is 0 Å². The van der Waals surface area contributed by atoms with Crippen molar-refractivity contribution >= 4 is 26.9 Å². The quantitative estimate of drug-likeness (QED) is 0.738. The lowest BCUT2D eigenvalue weighted by Gasteiger charge is -2.09. The largest absolute Gasteiger partial charge is 0.459 e. The van der Waals surface area contributed by atoms with E-state index in [9.17, 15) is 4.39 Å². The Bertz CT molecular complexity index is 781. The number of fused-ring (bicyclic) bond motifs is 1. The number of benzene rings is 2. The first-order valence-electron chi connectivity index (χ1n) is 6.26. The average Bonchev–Trinajstić information content (AvgIpc) is 2.86. The Morgan fingerprint density at radius 2 is 2.00 bits per heavy atom. The Morgan fingerprint density at radius 1 is 1.20 bits per heavy atom. The third-order valence-electron chi connectivity index (χ3n) is 3.37. The number of aryl methyl sites for hydroxylation is 1. The maximum atomic E-state index is 13.6. The molecule has 1 unspecified atom stereocenters. The second-order valence-corrected chi connectivity index (χ2v) is 5.65. The van der Waals surface area contributed by atoms with Gasteiger partial charge >= 0.3 is 0 Å². The highest BCUT2D eigenvalue weighted by Gasteiger charge is 2.16. The molecule has 0 amide bonds. The number of hydrogen-bond donors (Lipinski definition) is 1. The van der Waals surface area contributed by atoms with Crippen LogP contribution in [0, 0.1) is 12.7 Å². The Labute approximate surface area is 124 Å². The van der Waals surface area contributed by atoms with Gasteiger partial charge in [0.1, 0.15) is 17.2 Å². The number of halogens is 2. The van der Waals surface area contributed by atoms with Crippen LogP contribution in [0.5, 0.6) is 0 Å². The minimum absolute atomic E-state index is 0.328. The first-order valence-corrected chi connectivity index (χ1v) is 7.05. The van der Waals surface area contributed by atoms with Crippen LogP contribution in [0.25, 0.3) is 11.0 Å². The van der Waals surface area contributed by atoms with Crippen molar-refractivity contribution in [2.45, 2.75) is 13.0 Å². The van der Waals surface area contributed by atoms with Crippen LogP contribution in [0.15, 0.2) is 51.4 Å². The molecule has 2 nitrogen and oxygen atoms in total. The maximum absolute atomic E-state index is 13.6. The fourth-order valence-corrected chi connectivity index (χ4v) is 2.50. The zero-order valence-corrected chi connectivity index (χ0v) is 12.4. The summed E-state index contributed by atoms with van der Waals surface area (Å²) < 4.78 is 19.8. The Balaban J connectivity index is 2.05. The van der Waals surface area contributed by atoms with E-state index in [1.807, 2.05) is 31.2 Å². The summed E-state index contributed by atoms with van der Waals surface area (Å²) in [6.07, 6.45) is 0. The van der Waals surface area contributed by atoms with Gasteiger partial charge in [-0.2, -0.15) is 0 Å². The van der Waals surface area contributed by atoms with Crippen LogP contribution in [0.2, 0.25) is 0 Å². The predicted molar refractivity (Wildman–Crippen MR) is 81.1 cm³/mol. The van der Waals surface area contributed by atoms with Crippen molar-refractivity contribution in [3.63, 3.8) is 0 Å². The molecule has 0 aliphatic rings. The fourth-order valence-electron chi connectivity index (χ4n) is 2.25. The normalized spacial score (nSPS) is 12.8. The Hall–Kier alpha value is -1.65. The molecule has 3 rings (SSSR count). The van der Waals surface area contributed by atoms with Gasteiger partial charge in [0.15, 0.2) is 0 Å². The topological polar surface area (TPSA) is 39.2 Å². The lowest BCUT2D eigenvalue weighted by Crippen LogP contribution is -2.11. The monoisotopic (exact) mass is 333 g/mol. The van der Waals surface area contributed by atoms with Gasteiger partial charge in [0, 0.05) is 5.39 Å². The van der Waals surface area contributed by atoms with Crippen molar-refractivity contribution in [3.05, 3.63) is 69.6 Å². The third-order valence-corrected chi connectivity index (χ3v) is 4.01. The molecule has 2 N–H and O–H groups in total. The van der Waals surface area contributed by atoms with Crippen molar-refractivity contribution in [1.29, 1.82) is 0 Å². The van der Waals surface area contributed by atoms with Crippen molar-refractivity contribution in [1.82, 2.24) is 0 Å². The summed E-state index contributed by atoms with van der Waals surface area (Å²) in [4.78, 5) is 0. The Kier molecular flexibility index (Phi) is 3.36. The summed E-state index contributed by atoms with van der Waals surface area (Å²) in [5.41, 5.74) is 8.74. The van der Waals surface area contributed by atoms with Gasteiger partial charge in [0.05, 0.1) is 10.5 Å². The zero-order chi connectivity index (χ0) is 14.3. The average molecular weight is 334 g/mol. The van der Waals surface area contributed by atoms with E-state index in [-0.39, 0.29) is 5.82 Å². The molecule has 0 radical (unpaired) electrons. The lowest BCUT2D eigenvalue weighted by molar-refractivity contribution is 0.521. The van der Waals surface area contributed by atoms with Gasteiger partial charge in [-0.25, -0.2) is 4.39 Å². The van der Waals surface area contributed by atoms with E-state index in [0.29, 0.717) is 15.8 Å². The predicted octanol–water partition coefficient (Wildman–Crippen LogP) is 4.69. The third kappa shape index (κ3) is 2.25. The van der Waals surface area contributed by atoms with Gasteiger partial charge < -0.3 is 10.2 Å². The van der Waals surface area contributed by atoms with Crippen LogP contribution < -0.4 is 5.73 Å². The molecule has 102 valence electrons. The smallest absolute Gasteiger partial charge is 0.137 e. The molecule has 3 aromatic rings. The van der Waals surface area contributed by atoms with E-state index in [2.05, 4.69) is 15.9 Å². The fraction of sp³-hybridized carbons (Fsp3) is 0.125. The van der Waals surface area contributed by atoms with Gasteiger partial charge in [0.2, 0.25) is 0 Å². The molecule has 0 aliphatic heterocycles. The van der Waals surface area contributed by atoms with Crippen LogP contribution in [-0.4, -0.2) is 0 Å². The molecular weight excluding hydrogens is 321 g/mol. The van der Waals surface area contributed by atoms with Crippen molar-refractivity contribution in [2.75, 3.05) is 0 Å². The van der Waals surface area contributed by atoms with E-state index < -0.39 is 6.04 Å². The zero-order valence-electron chi connectivity index (χ0n) is 10.9. The first-order chi connectivity index (χ1) is 9.56. The highest BCUT2D eigenvalue weighted by atomic mass is 79.9. The molecule has 1 atom stereocenters. The van der Waals surface area contributed by atoms with E-state index in [1.165, 1.54) is 6.07 Å². The van der Waals surface area contributed by atoms with Crippen LogP contribution >= 0.6 is 15.9 Å². The maximum Gasteiger partial charge on any atom is 0.137 e. The van der Waals surface area contributed by atoms with Gasteiger partial charge in [-0.3, -0.25) is 0 Å². The second kappa shape index (κ2) is 5.04. The number of hydrogen-bond acceptors (Lipinski definition) is 2. The molecule has 0 saturated carbocycles. The molecule has 2 aromatic carbocycles. The highest BCUT2D eigenvalue weighted by molar-refractivity contribution is 9.10. The summed E-state index contributed by atoms with van der Waals surface area (Å²) >= 11 is 3.13. The van der Waals surface area contributed by atoms with E-state index in [0.717, 1.165) is 16.5 Å². The number of nitrogens with two attached hydrogens (primary N) is 1. The van der Waals surface area contributed by atoms with E-state index in [1.54, 1.807) is 12.1 Å². The summed E-state index contributed by atoms with van der Waals surface area (Å²) in [5.74, 6) is 0.307. The summed E-state index contributed by atoms with van der Waals surface area (Å²) in [5, 5.41) is 1.01. The molecule has 1 aromatic heterocycles. The molecule has 0 aliphatic carbocycles. The number of rotatable bonds is 2. The van der Waals surface area contributed by atoms with Crippen molar-refractivity contribution < 1.29 is 8.81 Å². The van der Waals surface area contributed by atoms with E-state index in [4.69, 9.17) is 10.2 Å². The molecule has 0 bridgehead atoms. The van der Waals surface area contributed by atoms with E-state index >= 15 is 0 Å². The van der Waals surface area contributed by atoms with Gasteiger partial charge in [0.25, 0.3) is 0 Å². The minimum Gasteiger partial charge on any atom is -0.459 e. The Morgan fingerprint density at radius 3 is 2.70 bits per heavy atom. The first kappa shape index (κ1) is 13.3. The summed E-state index contributed by atoms with van der Waals surface area (Å²) in [6.45, 7) is 1.99. The molecule has 4 heteroatoms. The van der Waals surface area contributed by atoms with Gasteiger partial charge in [-0.15, -0.1) is 0 Å². The minimum atomic E-state index is -0.482. The van der Waals surface area contributed by atoms with Gasteiger partial charge in [-0.1, -0.05) is 24.3 Å². The molecule has 0 spiro atoms. The molecule has 0 fully saturated rings. The molecule has 20 heavy (non-hydrogen) atoms. The lowest BCUT2D eigenvalue weighted by atomic mass is 10.1. The standard InChI is InChI=1S/C16H13BrFNO/c1-9-3-2-4-11-8-14(20-16(9)11)15(19)10-5-6-12(17)13(18)7-10/h2-8,15H,19H2,1H3. The summed E-state index contributed by atoms with van der Waals surface area (Å²) in [6, 6.07) is 12.2. The van der Waals surface area contributed by atoms with Crippen LogP contribution in [0.1, 0.15) is 22.9 Å². The second-order valence-electron chi connectivity index (χ2n) is 4.79. The molecule has 0 saturated heterocycles.